The molecule has 11 nitrogen and oxygen atoms in total. The SMILES string of the molecule is Cc1cc(-n2ncc(C(=O)c3cc4cc(OC(F)F)c(N5C(=O)NC(C)(C)C5=O)cc4[nH]3)c2N)ccc1Oc1ccccc1F. The predicted octanol–water partition coefficient (Wildman–Crippen LogP) is 5.84. The maximum absolute atomic E-state index is 14.1. The monoisotopic (exact) mass is 618 g/mol. The van der Waals surface area contributed by atoms with Gasteiger partial charge < -0.3 is 25.5 Å². The fourth-order valence-electron chi connectivity index (χ4n) is 5.01. The molecule has 0 aliphatic carbocycles. The molecule has 5 aromatic rings. The highest BCUT2D eigenvalue weighted by atomic mass is 19.3. The molecular weight excluding hydrogens is 593 g/mol. The Balaban J connectivity index is 1.31. The summed E-state index contributed by atoms with van der Waals surface area (Å²) in [7, 11) is 0. The number of halogens is 3. The molecule has 45 heavy (non-hydrogen) atoms. The summed E-state index contributed by atoms with van der Waals surface area (Å²) >= 11 is 0. The van der Waals surface area contributed by atoms with Crippen molar-refractivity contribution in [3.63, 3.8) is 0 Å². The number of imide groups is 1. The summed E-state index contributed by atoms with van der Waals surface area (Å²) < 4.78 is 52.3. The van der Waals surface area contributed by atoms with Crippen LogP contribution in [0.25, 0.3) is 16.6 Å². The number of hydrogen-bond donors (Lipinski definition) is 3. The van der Waals surface area contributed by atoms with Crippen LogP contribution in [0.4, 0.5) is 29.5 Å². The minimum Gasteiger partial charge on any atom is -0.454 e. The Morgan fingerprint density at radius 2 is 1.78 bits per heavy atom. The number of nitrogens with two attached hydrogens (primary N) is 1. The van der Waals surface area contributed by atoms with Crippen LogP contribution in [-0.4, -0.2) is 44.6 Å². The average Bonchev–Trinajstić information content (AvgIpc) is 3.62. The summed E-state index contributed by atoms with van der Waals surface area (Å²) in [5, 5.41) is 7.06. The molecule has 0 radical (unpaired) electrons. The average molecular weight is 619 g/mol. The Morgan fingerprint density at radius 1 is 1.02 bits per heavy atom. The molecule has 6 rings (SSSR count). The van der Waals surface area contributed by atoms with Gasteiger partial charge in [0.25, 0.3) is 5.91 Å². The Bertz CT molecular complexity index is 2020. The van der Waals surface area contributed by atoms with Crippen molar-refractivity contribution in [2.24, 2.45) is 0 Å². The third-order valence-corrected chi connectivity index (χ3v) is 7.27. The largest absolute Gasteiger partial charge is 0.454 e. The van der Waals surface area contributed by atoms with Crippen LogP contribution < -0.4 is 25.4 Å². The second-order valence-electron chi connectivity index (χ2n) is 10.8. The topological polar surface area (TPSA) is 145 Å². The summed E-state index contributed by atoms with van der Waals surface area (Å²) in [6.45, 7) is 1.47. The van der Waals surface area contributed by atoms with Gasteiger partial charge in [-0.2, -0.15) is 13.9 Å². The van der Waals surface area contributed by atoms with Crippen LogP contribution in [-0.2, 0) is 4.79 Å². The van der Waals surface area contributed by atoms with E-state index in [-0.39, 0.29) is 34.0 Å². The van der Waals surface area contributed by atoms with E-state index in [0.29, 0.717) is 22.4 Å². The molecule has 3 amide bonds. The maximum atomic E-state index is 14.1. The Morgan fingerprint density at radius 3 is 2.44 bits per heavy atom. The number of amides is 3. The Labute approximate surface area is 253 Å². The van der Waals surface area contributed by atoms with Crippen LogP contribution in [0.1, 0.15) is 35.5 Å². The van der Waals surface area contributed by atoms with E-state index in [1.165, 1.54) is 55.1 Å². The third-order valence-electron chi connectivity index (χ3n) is 7.27. The van der Waals surface area contributed by atoms with Crippen LogP contribution in [0.15, 0.2) is 66.9 Å². The summed E-state index contributed by atoms with van der Waals surface area (Å²) in [6, 6.07) is 14.1. The van der Waals surface area contributed by atoms with Gasteiger partial charge in [0.2, 0.25) is 5.78 Å². The number of carbonyl (C=O) groups is 3. The lowest BCUT2D eigenvalue weighted by Gasteiger charge is -2.19. The van der Waals surface area contributed by atoms with Gasteiger partial charge in [-0.05, 0) is 74.9 Å². The van der Waals surface area contributed by atoms with Crippen molar-refractivity contribution >= 4 is 40.1 Å². The number of anilines is 2. The molecule has 1 aliphatic rings. The number of aryl methyl sites for hydroxylation is 1. The molecule has 3 heterocycles. The zero-order chi connectivity index (χ0) is 32.2. The van der Waals surface area contributed by atoms with Crippen molar-refractivity contribution < 1.29 is 37.0 Å². The van der Waals surface area contributed by atoms with E-state index in [2.05, 4.69) is 20.1 Å². The number of hydrogen-bond acceptors (Lipinski definition) is 7. The predicted molar refractivity (Wildman–Crippen MR) is 158 cm³/mol. The normalized spacial score (nSPS) is 14.3. The molecule has 2 aromatic heterocycles. The first-order valence-corrected chi connectivity index (χ1v) is 13.5. The number of para-hydroxylation sites is 1. The lowest BCUT2D eigenvalue weighted by molar-refractivity contribution is -0.121. The second kappa shape index (κ2) is 10.7. The molecule has 0 atom stereocenters. The molecule has 1 saturated heterocycles. The van der Waals surface area contributed by atoms with E-state index in [1.54, 1.807) is 37.3 Å². The van der Waals surface area contributed by atoms with Gasteiger partial charge in [-0.3, -0.25) is 9.59 Å². The number of rotatable bonds is 8. The highest BCUT2D eigenvalue weighted by Gasteiger charge is 2.46. The number of ketones is 1. The zero-order valence-corrected chi connectivity index (χ0v) is 24.0. The summed E-state index contributed by atoms with van der Waals surface area (Å²) in [4.78, 5) is 42.7. The number of nitrogens with one attached hydrogen (secondary N) is 2. The highest BCUT2D eigenvalue weighted by molar-refractivity contribution is 6.24. The van der Waals surface area contributed by atoms with E-state index in [4.69, 9.17) is 10.5 Å². The molecule has 3 aromatic carbocycles. The summed E-state index contributed by atoms with van der Waals surface area (Å²) in [6.07, 6.45) is 1.29. The molecule has 1 aliphatic heterocycles. The lowest BCUT2D eigenvalue weighted by atomic mass is 10.1. The van der Waals surface area contributed by atoms with Crippen LogP contribution in [0.5, 0.6) is 17.2 Å². The van der Waals surface area contributed by atoms with Crippen LogP contribution in [0.2, 0.25) is 0 Å². The van der Waals surface area contributed by atoms with E-state index < -0.39 is 41.4 Å². The molecule has 0 bridgehead atoms. The first kappa shape index (κ1) is 29.3. The molecule has 0 spiro atoms. The number of benzene rings is 3. The van der Waals surface area contributed by atoms with Gasteiger partial charge >= 0.3 is 12.6 Å². The van der Waals surface area contributed by atoms with E-state index in [1.807, 2.05) is 0 Å². The Kier molecular flexibility index (Phi) is 6.99. The van der Waals surface area contributed by atoms with Crippen LogP contribution in [0, 0.1) is 12.7 Å². The van der Waals surface area contributed by atoms with Crippen molar-refractivity contribution in [3.05, 3.63) is 89.5 Å². The third kappa shape index (κ3) is 5.19. The van der Waals surface area contributed by atoms with Gasteiger partial charge in [0.05, 0.1) is 28.8 Å². The van der Waals surface area contributed by atoms with Gasteiger partial charge in [-0.25, -0.2) is 18.8 Å². The number of alkyl halides is 2. The first-order valence-electron chi connectivity index (χ1n) is 13.5. The number of nitrogens with zero attached hydrogens (tertiary/aromatic N) is 3. The van der Waals surface area contributed by atoms with Crippen molar-refractivity contribution in [3.8, 4) is 22.9 Å². The quantitative estimate of drug-likeness (QED) is 0.146. The minimum atomic E-state index is -3.25. The smallest absolute Gasteiger partial charge is 0.387 e. The molecule has 0 unspecified atom stereocenters. The lowest BCUT2D eigenvalue weighted by Crippen LogP contribution is -2.40. The van der Waals surface area contributed by atoms with E-state index >= 15 is 0 Å². The van der Waals surface area contributed by atoms with E-state index in [9.17, 15) is 27.6 Å². The Hall–Kier alpha value is -5.79. The summed E-state index contributed by atoms with van der Waals surface area (Å²) in [5.74, 6) is -1.67. The number of fused-ring (bicyclic) bond motifs is 1. The molecule has 1 fully saturated rings. The highest BCUT2D eigenvalue weighted by Crippen LogP contribution is 2.38. The maximum Gasteiger partial charge on any atom is 0.387 e. The van der Waals surface area contributed by atoms with Crippen molar-refractivity contribution in [1.82, 2.24) is 20.1 Å². The molecule has 4 N–H and O–H groups in total. The number of urea groups is 1. The van der Waals surface area contributed by atoms with Crippen molar-refractivity contribution in [1.29, 1.82) is 0 Å². The minimum absolute atomic E-state index is 0.0183. The van der Waals surface area contributed by atoms with Crippen molar-refractivity contribution in [2.75, 3.05) is 10.6 Å². The summed E-state index contributed by atoms with van der Waals surface area (Å²) in [5.41, 5.74) is 6.37. The number of nitrogen functional groups attached to an aromatic ring is 1. The van der Waals surface area contributed by atoms with Gasteiger partial charge in [0.1, 0.15) is 17.1 Å². The van der Waals surface area contributed by atoms with Crippen LogP contribution >= 0.6 is 0 Å². The molecule has 14 heteroatoms. The standard InChI is InChI=1S/C31H25F3N6O5/c1-15-10-17(8-9-23(15)44-24-7-5-4-6-19(24)32)40-27(35)18(14-36-40)26(41)21-11-16-12-25(45-29(33)34)22(13-20(16)37-21)39-28(42)31(2,3)38-30(39)43/h4-14,29,37H,35H2,1-3H3,(H,38,43). The van der Waals surface area contributed by atoms with Gasteiger partial charge in [-0.15, -0.1) is 0 Å². The number of aromatic nitrogens is 3. The number of aromatic amines is 1. The number of ether oxygens (including phenoxy) is 2. The number of carbonyl (C=O) groups excluding carboxylic acids is 3. The van der Waals surface area contributed by atoms with Crippen LogP contribution in [0.3, 0.4) is 0 Å². The molecular formula is C31H25F3N6O5. The fourth-order valence-corrected chi connectivity index (χ4v) is 5.01. The van der Waals surface area contributed by atoms with Gasteiger partial charge in [0, 0.05) is 10.9 Å². The molecule has 0 saturated carbocycles. The van der Waals surface area contributed by atoms with Gasteiger partial charge in [0.15, 0.2) is 17.3 Å². The fraction of sp³-hybridized carbons (Fsp3) is 0.161. The van der Waals surface area contributed by atoms with Crippen molar-refractivity contribution in [2.45, 2.75) is 32.9 Å². The second-order valence-corrected chi connectivity index (χ2v) is 10.8. The first-order chi connectivity index (χ1) is 21.3. The van der Waals surface area contributed by atoms with E-state index in [0.717, 1.165) is 4.90 Å². The zero-order valence-electron chi connectivity index (χ0n) is 24.0. The number of H-pyrrole nitrogens is 1. The van der Waals surface area contributed by atoms with Gasteiger partial charge in [-0.1, -0.05) is 12.1 Å². The molecule has 230 valence electrons.